The molecule has 7 nitrogen and oxygen atoms in total. The first-order chi connectivity index (χ1) is 14.7. The normalized spacial score (nSPS) is 13.8. The van der Waals surface area contributed by atoms with Gasteiger partial charge in [0.15, 0.2) is 0 Å². The van der Waals surface area contributed by atoms with Gasteiger partial charge in [0.2, 0.25) is 0 Å². The molecule has 3 aromatic rings. The fraction of sp³-hybridized carbons (Fsp3) is 0.304. The lowest BCUT2D eigenvalue weighted by atomic mass is 10.1. The second kappa shape index (κ2) is 9.35. The topological polar surface area (TPSA) is 80.1 Å². The van der Waals surface area contributed by atoms with Crippen LogP contribution in [0.4, 0.5) is 0 Å². The third-order valence-electron chi connectivity index (χ3n) is 5.32. The summed E-state index contributed by atoms with van der Waals surface area (Å²) in [6.07, 6.45) is 6.52. The van der Waals surface area contributed by atoms with E-state index in [0.29, 0.717) is 24.2 Å². The Bertz CT molecular complexity index is 975. The molecule has 7 heteroatoms. The number of rotatable bonds is 6. The van der Waals surface area contributed by atoms with Crippen LogP contribution in [0.15, 0.2) is 61.2 Å². The highest BCUT2D eigenvalue weighted by Crippen LogP contribution is 2.14. The largest absolute Gasteiger partial charge is 0.348 e. The van der Waals surface area contributed by atoms with Crippen LogP contribution in [0.3, 0.4) is 0 Å². The molecule has 4 rings (SSSR count). The average Bonchev–Trinajstić information content (AvgIpc) is 3.31. The highest BCUT2D eigenvalue weighted by molar-refractivity contribution is 5.95. The molecule has 0 saturated carbocycles. The van der Waals surface area contributed by atoms with E-state index in [1.165, 1.54) is 12.7 Å². The fourth-order valence-electron chi connectivity index (χ4n) is 3.59. The second-order valence-corrected chi connectivity index (χ2v) is 7.52. The van der Waals surface area contributed by atoms with Crippen LogP contribution in [0.1, 0.15) is 51.1 Å². The van der Waals surface area contributed by atoms with Crippen molar-refractivity contribution in [1.82, 2.24) is 25.0 Å². The lowest BCUT2D eigenvalue weighted by molar-refractivity contribution is 0.0724. The molecule has 1 fully saturated rings. The number of aromatic nitrogens is 3. The van der Waals surface area contributed by atoms with Crippen molar-refractivity contribution in [2.24, 2.45) is 0 Å². The quantitative estimate of drug-likeness (QED) is 0.686. The molecule has 154 valence electrons. The molecule has 1 N–H and O–H groups in total. The summed E-state index contributed by atoms with van der Waals surface area (Å²) in [6.45, 7) is 2.71. The maximum Gasteiger partial charge on any atom is 0.253 e. The molecule has 0 unspecified atom stereocenters. The minimum absolute atomic E-state index is 0.0938. The van der Waals surface area contributed by atoms with Gasteiger partial charge in [0.25, 0.3) is 11.8 Å². The van der Waals surface area contributed by atoms with Gasteiger partial charge in [0.1, 0.15) is 12.7 Å². The van der Waals surface area contributed by atoms with Gasteiger partial charge in [0, 0.05) is 30.8 Å². The van der Waals surface area contributed by atoms with Crippen molar-refractivity contribution in [2.75, 3.05) is 13.1 Å². The van der Waals surface area contributed by atoms with E-state index in [4.69, 9.17) is 0 Å². The standard InChI is InChI=1S/C23H25N5O2/c29-22(20-8-6-19(7-9-20)15-28-17-24-16-26-28)25-14-18-4-10-21(11-5-18)23(30)27-12-2-1-3-13-27/h4-11,16-17H,1-3,12-15H2,(H,25,29). The van der Waals surface area contributed by atoms with Gasteiger partial charge in [-0.2, -0.15) is 5.10 Å². The number of benzene rings is 2. The van der Waals surface area contributed by atoms with Crippen molar-refractivity contribution in [3.8, 4) is 0 Å². The number of hydrogen-bond acceptors (Lipinski definition) is 4. The van der Waals surface area contributed by atoms with Crippen molar-refractivity contribution in [1.29, 1.82) is 0 Å². The van der Waals surface area contributed by atoms with E-state index < -0.39 is 0 Å². The Morgan fingerprint density at radius 1 is 0.867 bits per heavy atom. The molecule has 0 bridgehead atoms. The predicted molar refractivity (Wildman–Crippen MR) is 113 cm³/mol. The molecule has 2 heterocycles. The fourth-order valence-corrected chi connectivity index (χ4v) is 3.59. The number of carbonyl (C=O) groups is 2. The van der Waals surface area contributed by atoms with Gasteiger partial charge in [-0.3, -0.25) is 9.59 Å². The highest BCUT2D eigenvalue weighted by atomic mass is 16.2. The van der Waals surface area contributed by atoms with Gasteiger partial charge in [0.05, 0.1) is 6.54 Å². The molecule has 2 amide bonds. The lowest BCUT2D eigenvalue weighted by Gasteiger charge is -2.26. The van der Waals surface area contributed by atoms with Crippen LogP contribution in [0, 0.1) is 0 Å². The first kappa shape index (κ1) is 19.8. The van der Waals surface area contributed by atoms with Crippen molar-refractivity contribution in [3.63, 3.8) is 0 Å². The summed E-state index contributed by atoms with van der Waals surface area (Å²) in [4.78, 5) is 30.8. The number of carbonyl (C=O) groups excluding carboxylic acids is 2. The Hall–Kier alpha value is -3.48. The summed E-state index contributed by atoms with van der Waals surface area (Å²) >= 11 is 0. The molecule has 1 saturated heterocycles. The molecule has 30 heavy (non-hydrogen) atoms. The Balaban J connectivity index is 1.29. The summed E-state index contributed by atoms with van der Waals surface area (Å²) in [5, 5.41) is 7.01. The van der Waals surface area contributed by atoms with Gasteiger partial charge in [-0.15, -0.1) is 0 Å². The van der Waals surface area contributed by atoms with E-state index >= 15 is 0 Å². The van der Waals surface area contributed by atoms with Crippen molar-refractivity contribution in [2.45, 2.75) is 32.4 Å². The number of nitrogens with one attached hydrogen (secondary N) is 1. The molecule has 1 aromatic heterocycles. The summed E-state index contributed by atoms with van der Waals surface area (Å²) in [7, 11) is 0. The molecule has 0 atom stereocenters. The second-order valence-electron chi connectivity index (χ2n) is 7.52. The van der Waals surface area contributed by atoms with E-state index in [9.17, 15) is 9.59 Å². The van der Waals surface area contributed by atoms with Gasteiger partial charge in [-0.05, 0) is 54.7 Å². The summed E-state index contributed by atoms with van der Waals surface area (Å²) in [6, 6.07) is 14.9. The van der Waals surface area contributed by atoms with Crippen LogP contribution in [0.2, 0.25) is 0 Å². The molecule has 1 aliphatic heterocycles. The zero-order chi connectivity index (χ0) is 20.8. The van der Waals surface area contributed by atoms with Crippen molar-refractivity contribution in [3.05, 3.63) is 83.4 Å². The van der Waals surface area contributed by atoms with Crippen LogP contribution >= 0.6 is 0 Å². The van der Waals surface area contributed by atoms with Crippen molar-refractivity contribution < 1.29 is 9.59 Å². The third kappa shape index (κ3) is 4.92. The van der Waals surface area contributed by atoms with Gasteiger partial charge < -0.3 is 10.2 Å². The smallest absolute Gasteiger partial charge is 0.253 e. The molecule has 2 aromatic carbocycles. The van der Waals surface area contributed by atoms with E-state index in [0.717, 1.165) is 37.1 Å². The monoisotopic (exact) mass is 403 g/mol. The molecule has 0 spiro atoms. The molecule has 0 aliphatic carbocycles. The zero-order valence-electron chi connectivity index (χ0n) is 16.8. The minimum atomic E-state index is -0.129. The van der Waals surface area contributed by atoms with Gasteiger partial charge in [-0.25, -0.2) is 9.67 Å². The van der Waals surface area contributed by atoms with E-state index in [2.05, 4.69) is 15.4 Å². The van der Waals surface area contributed by atoms with E-state index in [1.807, 2.05) is 53.4 Å². The molecule has 0 radical (unpaired) electrons. The Labute approximate surface area is 175 Å². The Kier molecular flexibility index (Phi) is 6.17. The predicted octanol–water partition coefficient (Wildman–Crippen LogP) is 2.88. The number of likely N-dealkylation sites (tertiary alicyclic amines) is 1. The van der Waals surface area contributed by atoms with Gasteiger partial charge >= 0.3 is 0 Å². The van der Waals surface area contributed by atoms with Crippen LogP contribution in [-0.2, 0) is 13.1 Å². The summed E-state index contributed by atoms with van der Waals surface area (Å²) in [5.74, 6) is -0.0351. The lowest BCUT2D eigenvalue weighted by Crippen LogP contribution is -2.35. The minimum Gasteiger partial charge on any atom is -0.348 e. The highest BCUT2D eigenvalue weighted by Gasteiger charge is 2.17. The zero-order valence-corrected chi connectivity index (χ0v) is 16.8. The summed E-state index contributed by atoms with van der Waals surface area (Å²) in [5.41, 5.74) is 3.32. The Morgan fingerprint density at radius 3 is 2.20 bits per heavy atom. The first-order valence-electron chi connectivity index (χ1n) is 10.3. The summed E-state index contributed by atoms with van der Waals surface area (Å²) < 4.78 is 1.73. The van der Waals surface area contributed by atoms with E-state index in [1.54, 1.807) is 11.0 Å². The maximum atomic E-state index is 12.5. The van der Waals surface area contributed by atoms with Crippen LogP contribution in [-0.4, -0.2) is 44.6 Å². The average molecular weight is 403 g/mol. The van der Waals surface area contributed by atoms with Crippen LogP contribution in [0.5, 0.6) is 0 Å². The van der Waals surface area contributed by atoms with E-state index in [-0.39, 0.29) is 11.8 Å². The number of piperidine rings is 1. The molecular weight excluding hydrogens is 378 g/mol. The molecule has 1 aliphatic rings. The van der Waals surface area contributed by atoms with Crippen LogP contribution < -0.4 is 5.32 Å². The first-order valence-corrected chi connectivity index (χ1v) is 10.3. The maximum absolute atomic E-state index is 12.5. The number of hydrogen-bond donors (Lipinski definition) is 1. The third-order valence-corrected chi connectivity index (χ3v) is 5.32. The van der Waals surface area contributed by atoms with Crippen molar-refractivity contribution >= 4 is 11.8 Å². The number of amides is 2. The molecular formula is C23H25N5O2. The number of nitrogens with zero attached hydrogens (tertiary/aromatic N) is 4. The van der Waals surface area contributed by atoms with Crippen LogP contribution in [0.25, 0.3) is 0 Å². The van der Waals surface area contributed by atoms with Gasteiger partial charge in [-0.1, -0.05) is 24.3 Å². The Morgan fingerprint density at radius 2 is 1.53 bits per heavy atom. The SMILES string of the molecule is O=C(NCc1ccc(C(=O)N2CCCCC2)cc1)c1ccc(Cn2cncn2)cc1.